The van der Waals surface area contributed by atoms with Crippen LogP contribution >= 0.6 is 22.6 Å². The van der Waals surface area contributed by atoms with Crippen LogP contribution in [0.25, 0.3) is 10.9 Å². The summed E-state index contributed by atoms with van der Waals surface area (Å²) in [6.45, 7) is 6.64. The number of carbonyl (C=O) groups is 1. The molecule has 1 N–H and O–H groups in total. The van der Waals surface area contributed by atoms with Gasteiger partial charge in [-0.3, -0.25) is 4.68 Å². The molecule has 2 aliphatic rings. The van der Waals surface area contributed by atoms with Crippen molar-refractivity contribution in [1.29, 1.82) is 0 Å². The van der Waals surface area contributed by atoms with E-state index in [1.807, 2.05) is 23.4 Å². The first kappa shape index (κ1) is 18.1. The number of likely N-dealkylation sites (N-methyl/N-ethyl adjacent to an activating group) is 1. The highest BCUT2D eigenvalue weighted by molar-refractivity contribution is 14.1. The van der Waals surface area contributed by atoms with Gasteiger partial charge in [0.25, 0.3) is 0 Å². The van der Waals surface area contributed by atoms with E-state index in [2.05, 4.69) is 58.3 Å². The molecule has 6 heteroatoms. The Labute approximate surface area is 168 Å². The van der Waals surface area contributed by atoms with Crippen LogP contribution in [0.15, 0.2) is 18.3 Å². The van der Waals surface area contributed by atoms with Gasteiger partial charge in [0.1, 0.15) is 0 Å². The SMILES string of the molecule is CCN(CC)C(=O)Nn1cc2c3c(c(I)ccc31)[C@H]1CCCN(C)[C@@H]1C2. The summed E-state index contributed by atoms with van der Waals surface area (Å²) in [6.07, 6.45) is 5.74. The third kappa shape index (κ3) is 2.81. The Morgan fingerprint density at radius 1 is 1.35 bits per heavy atom. The number of benzene rings is 1. The van der Waals surface area contributed by atoms with Gasteiger partial charge in [0, 0.05) is 40.2 Å². The molecule has 0 radical (unpaired) electrons. The highest BCUT2D eigenvalue weighted by Crippen LogP contribution is 2.45. The second-order valence-corrected chi connectivity index (χ2v) is 8.63. The number of hydrogen-bond acceptors (Lipinski definition) is 2. The first-order valence-electron chi connectivity index (χ1n) is 9.63. The lowest BCUT2D eigenvalue weighted by Crippen LogP contribution is -2.44. The maximum absolute atomic E-state index is 12.6. The summed E-state index contributed by atoms with van der Waals surface area (Å²) in [5, 5.41) is 1.37. The number of carbonyl (C=O) groups excluding carboxylic acids is 1. The second kappa shape index (κ2) is 7.03. The van der Waals surface area contributed by atoms with E-state index >= 15 is 0 Å². The zero-order valence-corrected chi connectivity index (χ0v) is 17.9. The van der Waals surface area contributed by atoms with E-state index in [0.717, 1.165) is 11.9 Å². The molecule has 2 amide bonds. The minimum Gasteiger partial charge on any atom is -0.324 e. The fourth-order valence-corrected chi connectivity index (χ4v) is 5.64. The third-order valence-electron chi connectivity index (χ3n) is 6.16. The number of aromatic nitrogens is 1. The summed E-state index contributed by atoms with van der Waals surface area (Å²) < 4.78 is 3.30. The predicted octanol–water partition coefficient (Wildman–Crippen LogP) is 3.99. The number of likely N-dealkylation sites (tertiary alicyclic amines) is 1. The largest absolute Gasteiger partial charge is 0.336 e. The van der Waals surface area contributed by atoms with Crippen molar-refractivity contribution in [2.45, 2.75) is 45.1 Å². The monoisotopic (exact) mass is 466 g/mol. The first-order valence-corrected chi connectivity index (χ1v) is 10.7. The normalized spacial score (nSPS) is 22.3. The lowest BCUT2D eigenvalue weighted by Gasteiger charge is -2.42. The Balaban J connectivity index is 1.79. The number of nitrogens with one attached hydrogen (secondary N) is 1. The number of halogens is 1. The smallest absolute Gasteiger partial charge is 0.324 e. The van der Waals surface area contributed by atoms with Gasteiger partial charge in [0.15, 0.2) is 0 Å². The summed E-state index contributed by atoms with van der Waals surface area (Å²) in [7, 11) is 2.26. The average molecular weight is 466 g/mol. The van der Waals surface area contributed by atoms with E-state index in [0.29, 0.717) is 25.0 Å². The molecule has 1 saturated heterocycles. The number of hydrogen-bond donors (Lipinski definition) is 1. The highest BCUT2D eigenvalue weighted by atomic mass is 127. The molecule has 1 fully saturated rings. The predicted molar refractivity (Wildman–Crippen MR) is 114 cm³/mol. The molecule has 2 heterocycles. The van der Waals surface area contributed by atoms with E-state index in [1.165, 1.54) is 39.5 Å². The second-order valence-electron chi connectivity index (χ2n) is 7.47. The quantitative estimate of drug-likeness (QED) is 0.696. The van der Waals surface area contributed by atoms with Crippen LogP contribution in [0, 0.1) is 3.57 Å². The van der Waals surface area contributed by atoms with Gasteiger partial charge in [-0.05, 0) is 92.6 Å². The van der Waals surface area contributed by atoms with Crippen LogP contribution in [-0.4, -0.2) is 53.2 Å². The van der Waals surface area contributed by atoms with Crippen molar-refractivity contribution in [2.24, 2.45) is 0 Å². The van der Waals surface area contributed by atoms with E-state index in [9.17, 15) is 4.79 Å². The topological polar surface area (TPSA) is 40.5 Å². The molecule has 140 valence electrons. The van der Waals surface area contributed by atoms with Gasteiger partial charge in [-0.1, -0.05) is 0 Å². The van der Waals surface area contributed by atoms with Crippen LogP contribution in [0.4, 0.5) is 4.79 Å². The molecule has 1 aromatic heterocycles. The summed E-state index contributed by atoms with van der Waals surface area (Å²) in [4.78, 5) is 16.9. The maximum atomic E-state index is 12.6. The van der Waals surface area contributed by atoms with Crippen LogP contribution < -0.4 is 5.43 Å². The zero-order chi connectivity index (χ0) is 18.4. The Kier molecular flexibility index (Phi) is 4.90. The molecule has 1 aromatic carbocycles. The number of rotatable bonds is 3. The lowest BCUT2D eigenvalue weighted by molar-refractivity contribution is 0.156. The van der Waals surface area contributed by atoms with Crippen LogP contribution in [0.1, 0.15) is 43.7 Å². The number of amides is 2. The van der Waals surface area contributed by atoms with E-state index in [-0.39, 0.29) is 6.03 Å². The summed E-state index contributed by atoms with van der Waals surface area (Å²) in [5.74, 6) is 0.603. The molecule has 2 atom stereocenters. The van der Waals surface area contributed by atoms with Crippen molar-refractivity contribution < 1.29 is 4.79 Å². The van der Waals surface area contributed by atoms with Gasteiger partial charge in [-0.15, -0.1) is 0 Å². The third-order valence-corrected chi connectivity index (χ3v) is 7.10. The number of urea groups is 1. The van der Waals surface area contributed by atoms with Crippen molar-refractivity contribution in [3.8, 4) is 0 Å². The Bertz CT molecular complexity index is 842. The van der Waals surface area contributed by atoms with Gasteiger partial charge >= 0.3 is 6.03 Å². The van der Waals surface area contributed by atoms with Crippen molar-refractivity contribution in [1.82, 2.24) is 14.5 Å². The molecule has 1 aliphatic heterocycles. The van der Waals surface area contributed by atoms with Crippen LogP contribution in [0.5, 0.6) is 0 Å². The minimum absolute atomic E-state index is 0.0349. The van der Waals surface area contributed by atoms with Gasteiger partial charge in [-0.2, -0.15) is 0 Å². The molecule has 0 unspecified atom stereocenters. The van der Waals surface area contributed by atoms with Gasteiger partial charge in [0.2, 0.25) is 0 Å². The van der Waals surface area contributed by atoms with Crippen molar-refractivity contribution in [3.63, 3.8) is 0 Å². The number of piperidine rings is 1. The molecule has 2 aromatic rings. The molecule has 0 bridgehead atoms. The van der Waals surface area contributed by atoms with Gasteiger partial charge in [0.05, 0.1) is 5.52 Å². The Morgan fingerprint density at radius 2 is 2.12 bits per heavy atom. The van der Waals surface area contributed by atoms with Crippen molar-refractivity contribution in [2.75, 3.05) is 32.1 Å². The van der Waals surface area contributed by atoms with Crippen molar-refractivity contribution in [3.05, 3.63) is 33.0 Å². The molecule has 26 heavy (non-hydrogen) atoms. The minimum atomic E-state index is -0.0349. The summed E-state index contributed by atoms with van der Waals surface area (Å²) in [5.41, 5.74) is 7.08. The van der Waals surface area contributed by atoms with Gasteiger partial charge < -0.3 is 9.80 Å². The highest BCUT2D eigenvalue weighted by Gasteiger charge is 2.37. The van der Waals surface area contributed by atoms with Crippen LogP contribution in [-0.2, 0) is 6.42 Å². The number of fused-ring (bicyclic) bond motifs is 2. The maximum Gasteiger partial charge on any atom is 0.336 e. The van der Waals surface area contributed by atoms with Crippen LogP contribution in [0.2, 0.25) is 0 Å². The lowest BCUT2D eigenvalue weighted by atomic mass is 9.75. The molecule has 0 saturated carbocycles. The van der Waals surface area contributed by atoms with E-state index in [1.54, 1.807) is 0 Å². The molecule has 5 nitrogen and oxygen atoms in total. The van der Waals surface area contributed by atoms with Gasteiger partial charge in [-0.25, -0.2) is 10.2 Å². The van der Waals surface area contributed by atoms with E-state index < -0.39 is 0 Å². The standard InChI is InChI=1S/C20H27IN4O/c1-4-24(5-2)20(26)22-25-12-13-11-17-14(7-6-10-23(17)3)19-15(21)8-9-16(25)18(13)19/h8-9,12,14,17H,4-7,10-11H2,1-3H3,(H,22,26)/t14-,17+/m0/s1. The molecular weight excluding hydrogens is 439 g/mol. The Morgan fingerprint density at radius 3 is 2.85 bits per heavy atom. The molecule has 1 aliphatic carbocycles. The van der Waals surface area contributed by atoms with E-state index in [4.69, 9.17) is 0 Å². The zero-order valence-electron chi connectivity index (χ0n) is 15.8. The summed E-state index contributed by atoms with van der Waals surface area (Å²) in [6, 6.07) is 4.90. The fraction of sp³-hybridized carbons (Fsp3) is 0.550. The van der Waals surface area contributed by atoms with Crippen LogP contribution in [0.3, 0.4) is 0 Å². The fourth-order valence-electron chi connectivity index (χ4n) is 4.79. The van der Waals surface area contributed by atoms with Crippen molar-refractivity contribution >= 4 is 39.5 Å². The Hall–Kier alpha value is -1.28. The molecule has 4 rings (SSSR count). The molecular formula is C20H27IN4O. The average Bonchev–Trinajstić information content (AvgIpc) is 2.97. The number of nitrogens with zero attached hydrogens (tertiary/aromatic N) is 3. The summed E-state index contributed by atoms with van der Waals surface area (Å²) >= 11 is 2.49. The molecule has 0 spiro atoms. The first-order chi connectivity index (χ1) is 12.5.